The van der Waals surface area contributed by atoms with E-state index in [-0.39, 0.29) is 16.5 Å². The third kappa shape index (κ3) is 4.75. The van der Waals surface area contributed by atoms with E-state index >= 15 is 0 Å². The highest BCUT2D eigenvalue weighted by Crippen LogP contribution is 2.36. The quantitative estimate of drug-likeness (QED) is 0.246. The zero-order chi connectivity index (χ0) is 24.6. The Morgan fingerprint density at radius 2 is 1.94 bits per heavy atom. The molecule has 0 atom stereocenters. The molecule has 2 aliphatic heterocycles. The van der Waals surface area contributed by atoms with Gasteiger partial charge in [-0.25, -0.2) is 0 Å². The molecule has 1 aromatic carbocycles. The lowest BCUT2D eigenvalue weighted by Gasteiger charge is -2.28. The number of aryl methyl sites for hydroxylation is 1. The van der Waals surface area contributed by atoms with Crippen molar-refractivity contribution in [1.29, 1.82) is 0 Å². The van der Waals surface area contributed by atoms with E-state index in [2.05, 4.69) is 13.8 Å². The van der Waals surface area contributed by atoms with Gasteiger partial charge in [-0.15, -0.1) is 0 Å². The summed E-state index contributed by atoms with van der Waals surface area (Å²) >= 11 is 6.74. The van der Waals surface area contributed by atoms with Crippen molar-refractivity contribution in [3.63, 3.8) is 0 Å². The Morgan fingerprint density at radius 3 is 2.59 bits per heavy atom. The van der Waals surface area contributed by atoms with Crippen LogP contribution in [0.25, 0.3) is 11.8 Å². The number of hydrogen-bond acceptors (Lipinski definition) is 7. The number of hydrogen-bond donors (Lipinski definition) is 0. The van der Waals surface area contributed by atoms with E-state index in [1.807, 2.05) is 47.6 Å². The maximum absolute atomic E-state index is 12.9. The maximum Gasteiger partial charge on any atom is 0.294 e. The number of thioether (sulfide) groups is 1. The summed E-state index contributed by atoms with van der Waals surface area (Å²) in [6.45, 7) is 11.0. The Morgan fingerprint density at radius 1 is 1.24 bits per heavy atom. The Bertz CT molecular complexity index is 1180. The van der Waals surface area contributed by atoms with Crippen molar-refractivity contribution in [3.8, 4) is 5.69 Å². The summed E-state index contributed by atoms with van der Waals surface area (Å²) in [5.41, 5.74) is 4.11. The molecular formula is C24H28N4O4S2. The van der Waals surface area contributed by atoms with Crippen LogP contribution >= 0.6 is 24.0 Å². The first-order chi connectivity index (χ1) is 16.2. The van der Waals surface area contributed by atoms with Gasteiger partial charge in [-0.2, -0.15) is 0 Å². The number of carbonyl (C=O) groups excluding carboxylic acids is 1. The molecule has 8 nitrogen and oxygen atoms in total. The molecule has 1 amide bonds. The van der Waals surface area contributed by atoms with Crippen LogP contribution in [0.3, 0.4) is 0 Å². The number of carbonyl (C=O) groups is 1. The van der Waals surface area contributed by atoms with Crippen LogP contribution in [0.5, 0.6) is 0 Å². The van der Waals surface area contributed by atoms with Crippen LogP contribution in [-0.4, -0.2) is 57.5 Å². The highest BCUT2D eigenvalue weighted by molar-refractivity contribution is 8.26. The van der Waals surface area contributed by atoms with Gasteiger partial charge in [0, 0.05) is 37.1 Å². The fourth-order valence-corrected chi connectivity index (χ4v) is 5.63. The number of anilines is 1. The molecule has 0 saturated carbocycles. The lowest BCUT2D eigenvalue weighted by Crippen LogP contribution is -2.36. The number of amides is 1. The molecule has 2 aromatic rings. The van der Waals surface area contributed by atoms with Gasteiger partial charge in [-0.05, 0) is 49.6 Å². The lowest BCUT2D eigenvalue weighted by atomic mass is 10.2. The van der Waals surface area contributed by atoms with Crippen LogP contribution in [0.4, 0.5) is 11.4 Å². The van der Waals surface area contributed by atoms with Gasteiger partial charge in [0.25, 0.3) is 11.6 Å². The smallest absolute Gasteiger partial charge is 0.294 e. The zero-order valence-corrected chi connectivity index (χ0v) is 21.4. The van der Waals surface area contributed by atoms with Crippen LogP contribution in [0.2, 0.25) is 0 Å². The largest absolute Gasteiger partial charge is 0.378 e. The van der Waals surface area contributed by atoms with Gasteiger partial charge in [0.2, 0.25) is 0 Å². The summed E-state index contributed by atoms with van der Waals surface area (Å²) in [7, 11) is 0. The Hall–Kier alpha value is -2.69. The molecule has 0 bridgehead atoms. The zero-order valence-electron chi connectivity index (χ0n) is 19.7. The van der Waals surface area contributed by atoms with Crippen molar-refractivity contribution in [3.05, 3.63) is 56.2 Å². The van der Waals surface area contributed by atoms with E-state index in [0.29, 0.717) is 59.4 Å². The lowest BCUT2D eigenvalue weighted by molar-refractivity contribution is -0.384. The van der Waals surface area contributed by atoms with E-state index in [9.17, 15) is 14.9 Å². The molecule has 4 rings (SSSR count). The summed E-state index contributed by atoms with van der Waals surface area (Å²) in [4.78, 5) is 28.7. The number of thiocarbonyl (C=S) groups is 1. The van der Waals surface area contributed by atoms with Gasteiger partial charge in [0.15, 0.2) is 0 Å². The minimum atomic E-state index is -0.330. The third-order valence-corrected chi connectivity index (χ3v) is 7.32. The van der Waals surface area contributed by atoms with Crippen molar-refractivity contribution in [1.82, 2.24) is 9.47 Å². The van der Waals surface area contributed by atoms with Crippen molar-refractivity contribution in [2.45, 2.75) is 27.7 Å². The third-order valence-electron chi connectivity index (χ3n) is 5.94. The molecule has 0 spiro atoms. The summed E-state index contributed by atoms with van der Waals surface area (Å²) < 4.78 is 7.94. The number of rotatable bonds is 6. The highest BCUT2D eigenvalue weighted by atomic mass is 32.2. The average Bonchev–Trinajstić information content (AvgIpc) is 3.22. The molecule has 3 heterocycles. The van der Waals surface area contributed by atoms with E-state index in [0.717, 1.165) is 17.0 Å². The number of nitro groups is 1. The molecule has 10 heteroatoms. The maximum atomic E-state index is 12.9. The molecule has 180 valence electrons. The van der Waals surface area contributed by atoms with E-state index < -0.39 is 0 Å². The standard InChI is InChI=1S/C24H28N4O4S2/c1-15(2)14-26-23(29)22(34-24(26)33)12-18-11-16(3)27(17(18)4)19-5-6-20(21(13-19)28(30)31)25-7-9-32-10-8-25/h5-6,11-13,15H,7-10,14H2,1-4H3/b22-12-. The molecular weight excluding hydrogens is 472 g/mol. The van der Waals surface area contributed by atoms with Gasteiger partial charge in [-0.1, -0.05) is 37.8 Å². The first kappa shape index (κ1) is 24.4. The minimum absolute atomic E-state index is 0.0704. The minimum Gasteiger partial charge on any atom is -0.378 e. The normalized spacial score (nSPS) is 18.0. The topological polar surface area (TPSA) is 80.9 Å². The first-order valence-electron chi connectivity index (χ1n) is 11.2. The first-order valence-corrected chi connectivity index (χ1v) is 12.5. The Labute approximate surface area is 208 Å². The second-order valence-corrected chi connectivity index (χ2v) is 10.6. The number of nitrogens with zero attached hydrogens (tertiary/aromatic N) is 4. The summed E-state index contributed by atoms with van der Waals surface area (Å²) in [5, 5.41) is 11.9. The molecule has 0 aliphatic carbocycles. The predicted octanol–water partition coefficient (Wildman–Crippen LogP) is 4.70. The van der Waals surface area contributed by atoms with Gasteiger partial charge >= 0.3 is 0 Å². The number of morpholine rings is 1. The number of benzene rings is 1. The van der Waals surface area contributed by atoms with Gasteiger partial charge < -0.3 is 14.2 Å². The number of aromatic nitrogens is 1. The van der Waals surface area contributed by atoms with E-state index in [1.165, 1.54) is 11.8 Å². The predicted molar refractivity (Wildman–Crippen MR) is 140 cm³/mol. The van der Waals surface area contributed by atoms with Crippen molar-refractivity contribution in [2.24, 2.45) is 5.92 Å². The molecule has 1 aromatic heterocycles. The van der Waals surface area contributed by atoms with Crippen LogP contribution in [0, 0.1) is 29.9 Å². The van der Waals surface area contributed by atoms with Crippen LogP contribution in [0.15, 0.2) is 29.2 Å². The second kappa shape index (κ2) is 9.89. The van der Waals surface area contributed by atoms with E-state index in [1.54, 1.807) is 11.0 Å². The average molecular weight is 501 g/mol. The van der Waals surface area contributed by atoms with Crippen LogP contribution in [-0.2, 0) is 9.53 Å². The monoisotopic (exact) mass is 500 g/mol. The van der Waals surface area contributed by atoms with Crippen LogP contribution < -0.4 is 4.90 Å². The van der Waals surface area contributed by atoms with Gasteiger partial charge in [0.05, 0.1) is 28.7 Å². The molecule has 2 aliphatic rings. The Kier molecular flexibility index (Phi) is 7.11. The molecule has 34 heavy (non-hydrogen) atoms. The summed E-state index contributed by atoms with van der Waals surface area (Å²) in [5.74, 6) is 0.252. The van der Waals surface area contributed by atoms with Gasteiger partial charge in [0.1, 0.15) is 10.0 Å². The highest BCUT2D eigenvalue weighted by Gasteiger charge is 2.32. The molecule has 0 unspecified atom stereocenters. The van der Waals surface area contributed by atoms with Crippen molar-refractivity contribution >= 4 is 51.7 Å². The molecule has 0 radical (unpaired) electrons. The molecule has 2 fully saturated rings. The van der Waals surface area contributed by atoms with Gasteiger partial charge in [-0.3, -0.25) is 19.8 Å². The fourth-order valence-electron chi connectivity index (χ4n) is 4.36. The number of ether oxygens (including phenoxy) is 1. The Balaban J connectivity index is 1.68. The van der Waals surface area contributed by atoms with E-state index in [4.69, 9.17) is 17.0 Å². The number of nitro benzene ring substituents is 1. The molecule has 2 saturated heterocycles. The van der Waals surface area contributed by atoms with Crippen molar-refractivity contribution < 1.29 is 14.5 Å². The van der Waals surface area contributed by atoms with Crippen LogP contribution in [0.1, 0.15) is 30.8 Å². The summed E-state index contributed by atoms with van der Waals surface area (Å²) in [6.07, 6.45) is 1.87. The fraction of sp³-hybridized carbons (Fsp3) is 0.417. The second-order valence-electron chi connectivity index (χ2n) is 8.88. The SMILES string of the molecule is Cc1cc(/C=C2\SC(=S)N(CC(C)C)C2=O)c(C)n1-c1ccc(N2CCOCC2)c([N+](=O)[O-])c1. The molecule has 0 N–H and O–H groups in total. The van der Waals surface area contributed by atoms with Crippen molar-refractivity contribution in [2.75, 3.05) is 37.7 Å². The summed E-state index contributed by atoms with van der Waals surface area (Å²) in [6, 6.07) is 7.33.